The van der Waals surface area contributed by atoms with E-state index in [0.717, 1.165) is 37.0 Å². The Morgan fingerprint density at radius 2 is 2.15 bits per heavy atom. The summed E-state index contributed by atoms with van der Waals surface area (Å²) in [5, 5.41) is 11.6. The molecule has 2 aliphatic rings. The zero-order valence-corrected chi connectivity index (χ0v) is 15.8. The third kappa shape index (κ3) is 4.45. The molecule has 0 bridgehead atoms. The summed E-state index contributed by atoms with van der Waals surface area (Å²) in [5.41, 5.74) is 3.23. The monoisotopic (exact) mass is 373 g/mol. The van der Waals surface area contributed by atoms with Gasteiger partial charge in [0.2, 0.25) is 5.91 Å². The van der Waals surface area contributed by atoms with E-state index >= 15 is 0 Å². The molecule has 3 heterocycles. The molecule has 1 atom stereocenters. The zero-order chi connectivity index (χ0) is 18.6. The highest BCUT2D eigenvalue weighted by molar-refractivity contribution is 5.78. The van der Waals surface area contributed by atoms with Gasteiger partial charge in [-0.1, -0.05) is 11.3 Å². The molecular formula is C19H27N5O3. The Kier molecular flexibility index (Phi) is 5.66. The van der Waals surface area contributed by atoms with Crippen molar-refractivity contribution < 1.29 is 14.3 Å². The van der Waals surface area contributed by atoms with E-state index in [0.29, 0.717) is 39.0 Å². The minimum Gasteiger partial charge on any atom is -0.376 e. The third-order valence-corrected chi connectivity index (χ3v) is 5.31. The molecule has 1 N–H and O–H groups in total. The number of nitrogens with zero attached hydrogens (tertiary/aromatic N) is 4. The molecule has 8 heteroatoms. The number of fused-ring (bicyclic) bond motifs is 1. The summed E-state index contributed by atoms with van der Waals surface area (Å²) in [6.07, 6.45) is 1.91. The van der Waals surface area contributed by atoms with Crippen LogP contribution in [0.1, 0.15) is 24.4 Å². The van der Waals surface area contributed by atoms with Crippen molar-refractivity contribution in [2.45, 2.75) is 31.9 Å². The number of piperidine rings is 1. The highest BCUT2D eigenvalue weighted by Crippen LogP contribution is 2.25. The van der Waals surface area contributed by atoms with Crippen LogP contribution in [0.4, 0.5) is 0 Å². The molecular weight excluding hydrogens is 346 g/mol. The van der Waals surface area contributed by atoms with Crippen molar-refractivity contribution in [3.05, 3.63) is 23.8 Å². The van der Waals surface area contributed by atoms with Gasteiger partial charge in [-0.05, 0) is 37.5 Å². The van der Waals surface area contributed by atoms with Gasteiger partial charge < -0.3 is 14.8 Å². The first kappa shape index (κ1) is 18.3. The van der Waals surface area contributed by atoms with Crippen molar-refractivity contribution in [1.82, 2.24) is 25.2 Å². The molecule has 2 aromatic rings. The Morgan fingerprint density at radius 3 is 2.93 bits per heavy atom. The predicted molar refractivity (Wildman–Crippen MR) is 101 cm³/mol. The van der Waals surface area contributed by atoms with Gasteiger partial charge in [-0.25, -0.2) is 4.68 Å². The Hall–Kier alpha value is -2.03. The van der Waals surface area contributed by atoms with Gasteiger partial charge in [-0.3, -0.25) is 9.69 Å². The van der Waals surface area contributed by atoms with Crippen LogP contribution in [-0.2, 0) is 14.3 Å². The number of likely N-dealkylation sites (tertiary alicyclic amines) is 1. The number of carbonyl (C=O) groups is 1. The Morgan fingerprint density at radius 1 is 1.30 bits per heavy atom. The average Bonchev–Trinajstić information content (AvgIpc) is 3.11. The number of amides is 1. The second-order valence-electron chi connectivity index (χ2n) is 7.41. The molecule has 1 amide bonds. The van der Waals surface area contributed by atoms with E-state index in [4.69, 9.17) is 9.47 Å². The van der Waals surface area contributed by atoms with Gasteiger partial charge in [0.15, 0.2) is 0 Å². The fraction of sp³-hybridized carbons (Fsp3) is 0.632. The van der Waals surface area contributed by atoms with E-state index in [1.165, 1.54) is 5.56 Å². The van der Waals surface area contributed by atoms with Gasteiger partial charge in [-0.2, -0.15) is 0 Å². The topological polar surface area (TPSA) is 81.5 Å². The molecule has 8 nitrogen and oxygen atoms in total. The number of aryl methyl sites for hydroxylation is 1. The van der Waals surface area contributed by atoms with E-state index < -0.39 is 0 Å². The predicted octanol–water partition coefficient (Wildman–Crippen LogP) is 0.908. The van der Waals surface area contributed by atoms with Gasteiger partial charge in [0.05, 0.1) is 44.0 Å². The van der Waals surface area contributed by atoms with Crippen molar-refractivity contribution in [2.75, 3.05) is 46.0 Å². The van der Waals surface area contributed by atoms with Crippen molar-refractivity contribution in [2.24, 2.45) is 0 Å². The summed E-state index contributed by atoms with van der Waals surface area (Å²) in [4.78, 5) is 14.4. The van der Waals surface area contributed by atoms with Crippen molar-refractivity contribution in [3.63, 3.8) is 0 Å². The van der Waals surface area contributed by atoms with Crippen LogP contribution in [-0.4, -0.2) is 77.9 Å². The first-order valence-electron chi connectivity index (χ1n) is 9.69. The molecule has 27 heavy (non-hydrogen) atoms. The molecule has 1 unspecified atom stereocenters. The Labute approximate surface area is 158 Å². The molecule has 2 saturated heterocycles. The lowest BCUT2D eigenvalue weighted by Gasteiger charge is -2.31. The summed E-state index contributed by atoms with van der Waals surface area (Å²) in [6.45, 7) is 6.57. The average molecular weight is 373 g/mol. The second-order valence-corrected chi connectivity index (χ2v) is 7.41. The lowest BCUT2D eigenvalue weighted by Crippen LogP contribution is -2.45. The number of hydrogen-bond donors (Lipinski definition) is 1. The first-order chi connectivity index (χ1) is 13.2. The van der Waals surface area contributed by atoms with Gasteiger partial charge >= 0.3 is 0 Å². The summed E-state index contributed by atoms with van der Waals surface area (Å²) >= 11 is 0. The second kappa shape index (κ2) is 8.33. The SMILES string of the molecule is Cc1ccc2c(c1)nnn2C1CCN(CC(=O)NCC2COCCO2)CC1. The lowest BCUT2D eigenvalue weighted by atomic mass is 10.0. The highest BCUT2D eigenvalue weighted by Gasteiger charge is 2.24. The number of aromatic nitrogens is 3. The van der Waals surface area contributed by atoms with Crippen LogP contribution in [0, 0.1) is 6.92 Å². The first-order valence-corrected chi connectivity index (χ1v) is 9.69. The number of nitrogens with one attached hydrogen (secondary N) is 1. The normalized spacial score (nSPS) is 22.2. The molecule has 0 spiro atoms. The molecule has 2 aliphatic heterocycles. The Balaban J connectivity index is 1.25. The van der Waals surface area contributed by atoms with Crippen molar-refractivity contribution >= 4 is 16.9 Å². The van der Waals surface area contributed by atoms with Gasteiger partial charge in [0, 0.05) is 19.6 Å². The standard InChI is InChI=1S/C19H27N5O3/c1-14-2-3-18-17(10-14)21-22-24(18)15-4-6-23(7-5-15)12-19(25)20-11-16-13-26-8-9-27-16/h2-3,10,15-16H,4-9,11-13H2,1H3,(H,20,25). The molecule has 1 aromatic carbocycles. The largest absolute Gasteiger partial charge is 0.376 e. The molecule has 0 radical (unpaired) electrons. The molecule has 0 saturated carbocycles. The highest BCUT2D eigenvalue weighted by atomic mass is 16.6. The smallest absolute Gasteiger partial charge is 0.234 e. The van der Waals surface area contributed by atoms with Crippen LogP contribution in [0.3, 0.4) is 0 Å². The van der Waals surface area contributed by atoms with Crippen molar-refractivity contribution in [3.8, 4) is 0 Å². The van der Waals surface area contributed by atoms with Crippen molar-refractivity contribution in [1.29, 1.82) is 0 Å². The molecule has 146 valence electrons. The van der Waals surface area contributed by atoms with E-state index in [2.05, 4.69) is 45.7 Å². The van der Waals surface area contributed by atoms with Crippen LogP contribution in [0.25, 0.3) is 11.0 Å². The van der Waals surface area contributed by atoms with E-state index in [1.807, 2.05) is 4.68 Å². The number of rotatable bonds is 5. The van der Waals surface area contributed by atoms with Crippen LogP contribution in [0.5, 0.6) is 0 Å². The number of hydrogen-bond acceptors (Lipinski definition) is 6. The molecule has 1 aromatic heterocycles. The third-order valence-electron chi connectivity index (χ3n) is 5.31. The van der Waals surface area contributed by atoms with Gasteiger partial charge in [-0.15, -0.1) is 5.10 Å². The fourth-order valence-electron chi connectivity index (χ4n) is 3.78. The number of carbonyl (C=O) groups excluding carboxylic acids is 1. The maximum atomic E-state index is 12.2. The van der Waals surface area contributed by atoms with E-state index in [-0.39, 0.29) is 12.0 Å². The van der Waals surface area contributed by atoms with Crippen LogP contribution in [0.2, 0.25) is 0 Å². The van der Waals surface area contributed by atoms with Crippen LogP contribution >= 0.6 is 0 Å². The summed E-state index contributed by atoms with van der Waals surface area (Å²) in [5.74, 6) is 0.0457. The Bertz CT molecular complexity index is 779. The fourth-order valence-corrected chi connectivity index (χ4v) is 3.78. The zero-order valence-electron chi connectivity index (χ0n) is 15.8. The maximum Gasteiger partial charge on any atom is 0.234 e. The maximum absolute atomic E-state index is 12.2. The van der Waals surface area contributed by atoms with Crippen LogP contribution < -0.4 is 5.32 Å². The quantitative estimate of drug-likeness (QED) is 0.839. The molecule has 4 rings (SSSR count). The lowest BCUT2D eigenvalue weighted by molar-refractivity contribution is -0.125. The summed E-state index contributed by atoms with van der Waals surface area (Å²) in [6, 6.07) is 6.61. The minimum absolute atomic E-state index is 0.0299. The summed E-state index contributed by atoms with van der Waals surface area (Å²) in [7, 11) is 0. The minimum atomic E-state index is -0.0299. The van der Waals surface area contributed by atoms with Crippen LogP contribution in [0.15, 0.2) is 18.2 Å². The number of ether oxygens (including phenoxy) is 2. The van der Waals surface area contributed by atoms with E-state index in [9.17, 15) is 4.79 Å². The van der Waals surface area contributed by atoms with E-state index in [1.54, 1.807) is 0 Å². The molecule has 0 aliphatic carbocycles. The van der Waals surface area contributed by atoms with Gasteiger partial charge in [0.1, 0.15) is 5.52 Å². The van der Waals surface area contributed by atoms with Gasteiger partial charge in [0.25, 0.3) is 0 Å². The number of benzene rings is 1. The summed E-state index contributed by atoms with van der Waals surface area (Å²) < 4.78 is 12.9. The molecule has 2 fully saturated rings.